The van der Waals surface area contributed by atoms with E-state index in [-0.39, 0.29) is 18.4 Å². The van der Waals surface area contributed by atoms with Gasteiger partial charge in [0, 0.05) is 18.5 Å². The minimum Gasteiger partial charge on any atom is -0.484 e. The van der Waals surface area contributed by atoms with Crippen LogP contribution in [0.1, 0.15) is 48.6 Å². The highest BCUT2D eigenvalue weighted by molar-refractivity contribution is 5.89. The molecule has 0 aliphatic heterocycles. The summed E-state index contributed by atoms with van der Waals surface area (Å²) in [5, 5.41) is 3.09. The second-order valence-electron chi connectivity index (χ2n) is 10.5. The molecule has 5 heteroatoms. The van der Waals surface area contributed by atoms with Crippen LogP contribution in [0.2, 0.25) is 0 Å². The van der Waals surface area contributed by atoms with E-state index >= 15 is 0 Å². The highest BCUT2D eigenvalue weighted by Gasteiger charge is 2.32. The summed E-state index contributed by atoms with van der Waals surface area (Å²) >= 11 is 0. The van der Waals surface area contributed by atoms with Crippen molar-refractivity contribution in [1.82, 2.24) is 10.2 Å². The number of nitrogens with zero attached hydrogens (tertiary/aromatic N) is 1. The molecule has 0 radical (unpaired) electrons. The number of ether oxygens (including phenoxy) is 1. The molecule has 0 saturated carbocycles. The van der Waals surface area contributed by atoms with Crippen molar-refractivity contribution < 1.29 is 14.3 Å². The van der Waals surface area contributed by atoms with Crippen molar-refractivity contribution in [2.75, 3.05) is 6.61 Å². The van der Waals surface area contributed by atoms with Crippen molar-refractivity contribution in [3.63, 3.8) is 0 Å². The minimum absolute atomic E-state index is 0.150. The van der Waals surface area contributed by atoms with Gasteiger partial charge < -0.3 is 15.0 Å². The first-order valence-corrected chi connectivity index (χ1v) is 12.4. The Morgan fingerprint density at radius 1 is 0.861 bits per heavy atom. The molecule has 190 valence electrons. The quantitative estimate of drug-likeness (QED) is 0.432. The Morgan fingerprint density at radius 2 is 1.56 bits per heavy atom. The van der Waals surface area contributed by atoms with Crippen LogP contribution in [0.25, 0.3) is 0 Å². The fraction of sp³-hybridized carbons (Fsp3) is 0.355. The van der Waals surface area contributed by atoms with Crippen LogP contribution in [0, 0.1) is 20.8 Å². The van der Waals surface area contributed by atoms with Crippen LogP contribution in [0.5, 0.6) is 5.75 Å². The topological polar surface area (TPSA) is 58.6 Å². The van der Waals surface area contributed by atoms with Crippen LogP contribution in [0.15, 0.2) is 72.8 Å². The molecule has 3 aromatic carbocycles. The molecular formula is C31H38N2O3. The van der Waals surface area contributed by atoms with E-state index in [1.165, 1.54) is 0 Å². The zero-order chi connectivity index (χ0) is 26.3. The Bertz CT molecular complexity index is 1180. The Hall–Kier alpha value is -3.60. The number of carbonyl (C=O) groups is 2. The van der Waals surface area contributed by atoms with Crippen molar-refractivity contribution >= 4 is 11.8 Å². The SMILES string of the molecule is Cc1cccc(CN(C(=O)COc2ccc(C)c(C)c2)[C@@H](Cc2ccccc2)C(=O)NC(C)(C)C)c1. The largest absolute Gasteiger partial charge is 0.484 e. The molecule has 0 aliphatic carbocycles. The molecule has 0 heterocycles. The van der Waals surface area contributed by atoms with Gasteiger partial charge in [0.15, 0.2) is 6.61 Å². The third kappa shape index (κ3) is 7.98. The molecule has 0 saturated heterocycles. The molecule has 5 nitrogen and oxygen atoms in total. The maximum Gasteiger partial charge on any atom is 0.261 e. The summed E-state index contributed by atoms with van der Waals surface area (Å²) in [5.74, 6) is 0.221. The highest BCUT2D eigenvalue weighted by Crippen LogP contribution is 2.19. The third-order valence-corrected chi connectivity index (χ3v) is 6.05. The molecule has 2 amide bonds. The maximum absolute atomic E-state index is 13.7. The van der Waals surface area contributed by atoms with Gasteiger partial charge in [0.25, 0.3) is 5.91 Å². The number of hydrogen-bond acceptors (Lipinski definition) is 3. The van der Waals surface area contributed by atoms with Crippen LogP contribution >= 0.6 is 0 Å². The van der Waals surface area contributed by atoms with Gasteiger partial charge in [0.05, 0.1) is 0 Å². The fourth-order valence-corrected chi connectivity index (χ4v) is 4.05. The predicted octanol–water partition coefficient (Wildman–Crippen LogP) is 5.55. The summed E-state index contributed by atoms with van der Waals surface area (Å²) in [6.07, 6.45) is 0.407. The van der Waals surface area contributed by atoms with Gasteiger partial charge in [-0.3, -0.25) is 9.59 Å². The molecule has 1 N–H and O–H groups in total. The van der Waals surface area contributed by atoms with E-state index in [0.717, 1.165) is 27.8 Å². The number of hydrogen-bond donors (Lipinski definition) is 1. The molecular weight excluding hydrogens is 448 g/mol. The second kappa shape index (κ2) is 11.9. The van der Waals surface area contributed by atoms with Crippen LogP contribution < -0.4 is 10.1 Å². The summed E-state index contributed by atoms with van der Waals surface area (Å²) in [7, 11) is 0. The summed E-state index contributed by atoms with van der Waals surface area (Å²) in [4.78, 5) is 28.9. The highest BCUT2D eigenvalue weighted by atomic mass is 16.5. The molecule has 3 aromatic rings. The third-order valence-electron chi connectivity index (χ3n) is 6.05. The number of carbonyl (C=O) groups excluding carboxylic acids is 2. The average molecular weight is 487 g/mol. The van der Waals surface area contributed by atoms with Gasteiger partial charge in [-0.1, -0.05) is 66.2 Å². The summed E-state index contributed by atoms with van der Waals surface area (Å²) in [6.45, 7) is 12.1. The molecule has 0 aliphatic rings. The standard InChI is InChI=1S/C31H38N2O3/c1-22-11-10-14-26(17-22)20-33(29(34)21-36-27-16-15-23(2)24(3)18-27)28(30(35)32-31(4,5)6)19-25-12-8-7-9-13-25/h7-18,28H,19-21H2,1-6H3,(H,32,35)/t28-/m0/s1. The summed E-state index contributed by atoms with van der Waals surface area (Å²) in [6, 6.07) is 22.9. The van der Waals surface area contributed by atoms with Crippen LogP contribution in [-0.2, 0) is 22.6 Å². The normalized spacial score (nSPS) is 12.1. The van der Waals surface area contributed by atoms with Gasteiger partial charge in [0.1, 0.15) is 11.8 Å². The molecule has 0 bridgehead atoms. The number of amides is 2. The summed E-state index contributed by atoms with van der Waals surface area (Å²) < 4.78 is 5.90. The number of rotatable bonds is 9. The number of aryl methyl sites for hydroxylation is 3. The first-order valence-electron chi connectivity index (χ1n) is 12.4. The van der Waals surface area contributed by atoms with Gasteiger partial charge in [0.2, 0.25) is 5.91 Å². The van der Waals surface area contributed by atoms with E-state index in [4.69, 9.17) is 4.74 Å². The van der Waals surface area contributed by atoms with E-state index in [1.54, 1.807) is 4.90 Å². The lowest BCUT2D eigenvalue weighted by atomic mass is 10.0. The van der Waals surface area contributed by atoms with Gasteiger partial charge in [-0.05, 0) is 75.9 Å². The molecule has 0 fully saturated rings. The Balaban J connectivity index is 1.93. The lowest BCUT2D eigenvalue weighted by Gasteiger charge is -2.33. The van der Waals surface area contributed by atoms with Gasteiger partial charge in [-0.2, -0.15) is 0 Å². The molecule has 0 spiro atoms. The second-order valence-corrected chi connectivity index (χ2v) is 10.5. The van der Waals surface area contributed by atoms with Gasteiger partial charge in [-0.25, -0.2) is 0 Å². The number of benzene rings is 3. The fourth-order valence-electron chi connectivity index (χ4n) is 4.05. The van der Waals surface area contributed by atoms with E-state index in [0.29, 0.717) is 18.7 Å². The Morgan fingerprint density at radius 3 is 2.19 bits per heavy atom. The molecule has 0 aromatic heterocycles. The lowest BCUT2D eigenvalue weighted by molar-refractivity contribution is -0.143. The lowest BCUT2D eigenvalue weighted by Crippen LogP contribution is -2.55. The van der Waals surface area contributed by atoms with Crippen LogP contribution in [0.4, 0.5) is 0 Å². The van der Waals surface area contributed by atoms with Crippen molar-refractivity contribution in [2.24, 2.45) is 0 Å². The van der Waals surface area contributed by atoms with Crippen molar-refractivity contribution in [2.45, 2.75) is 66.1 Å². The Labute approximate surface area is 215 Å². The zero-order valence-corrected chi connectivity index (χ0v) is 22.3. The van der Waals surface area contributed by atoms with E-state index in [2.05, 4.69) is 5.32 Å². The van der Waals surface area contributed by atoms with E-state index in [1.807, 2.05) is 114 Å². The molecule has 3 rings (SSSR count). The van der Waals surface area contributed by atoms with Crippen molar-refractivity contribution in [1.29, 1.82) is 0 Å². The van der Waals surface area contributed by atoms with Crippen molar-refractivity contribution in [3.8, 4) is 5.75 Å². The van der Waals surface area contributed by atoms with Crippen LogP contribution in [0.3, 0.4) is 0 Å². The first-order chi connectivity index (χ1) is 17.0. The molecule has 0 unspecified atom stereocenters. The molecule has 36 heavy (non-hydrogen) atoms. The molecule has 1 atom stereocenters. The van der Waals surface area contributed by atoms with Gasteiger partial charge in [-0.15, -0.1) is 0 Å². The van der Waals surface area contributed by atoms with E-state index < -0.39 is 11.6 Å². The predicted molar refractivity (Wildman–Crippen MR) is 145 cm³/mol. The Kier molecular flexibility index (Phi) is 8.92. The maximum atomic E-state index is 13.7. The smallest absolute Gasteiger partial charge is 0.261 e. The zero-order valence-electron chi connectivity index (χ0n) is 22.3. The first kappa shape index (κ1) is 27.0. The van der Waals surface area contributed by atoms with Gasteiger partial charge >= 0.3 is 0 Å². The number of nitrogens with one attached hydrogen (secondary N) is 1. The minimum atomic E-state index is -0.692. The van der Waals surface area contributed by atoms with E-state index in [9.17, 15) is 9.59 Å². The average Bonchev–Trinajstić information content (AvgIpc) is 2.81. The van der Waals surface area contributed by atoms with Crippen molar-refractivity contribution in [3.05, 3.63) is 101 Å². The summed E-state index contributed by atoms with van der Waals surface area (Å²) in [5.41, 5.74) is 4.89. The van der Waals surface area contributed by atoms with Crippen LogP contribution in [-0.4, -0.2) is 34.9 Å². The monoisotopic (exact) mass is 486 g/mol.